The first kappa shape index (κ1) is 23.9. The van der Waals surface area contributed by atoms with Gasteiger partial charge in [-0.05, 0) is 51.2 Å². The topological polar surface area (TPSA) is 104 Å². The lowest BCUT2D eigenvalue weighted by Gasteiger charge is -2.61. The van der Waals surface area contributed by atoms with Crippen molar-refractivity contribution in [2.24, 2.45) is 23.2 Å². The van der Waals surface area contributed by atoms with Gasteiger partial charge in [0.05, 0.1) is 12.2 Å². The summed E-state index contributed by atoms with van der Waals surface area (Å²) in [5.41, 5.74) is -3.48. The van der Waals surface area contributed by atoms with Crippen molar-refractivity contribution in [3.63, 3.8) is 0 Å². The van der Waals surface area contributed by atoms with Crippen LogP contribution in [0, 0.1) is 23.2 Å². The number of hydrogen-bond acceptors (Lipinski definition) is 6. The zero-order chi connectivity index (χ0) is 23.6. The first-order chi connectivity index (χ1) is 14.2. The van der Waals surface area contributed by atoms with Crippen LogP contribution in [0.1, 0.15) is 61.3 Å². The van der Waals surface area contributed by atoms with Gasteiger partial charge in [0.1, 0.15) is 11.2 Å². The molecule has 0 spiro atoms. The standard InChI is InChI=1S/C25H36O6/c1-8-14(2)21(28)31-23(7)11-16(4)25(30)18(22(23,5)6)10-17(13-26)12-24(29)19(25)9-15(3)20(24)27/h8-10,16,18-19,26,29-30H,11-13H2,1-7H3/b14-8+/t16-,18+,19-,23-,24-,25-/m1/s1. The second-order valence-corrected chi connectivity index (χ2v) is 10.5. The Kier molecular flexibility index (Phi) is 5.70. The summed E-state index contributed by atoms with van der Waals surface area (Å²) >= 11 is 0. The van der Waals surface area contributed by atoms with E-state index in [0.29, 0.717) is 23.1 Å². The minimum atomic E-state index is -1.79. The number of ketones is 1. The maximum atomic E-state index is 12.9. The normalized spacial score (nSPS) is 42.2. The summed E-state index contributed by atoms with van der Waals surface area (Å²) in [6, 6.07) is 0. The van der Waals surface area contributed by atoms with E-state index in [9.17, 15) is 24.9 Å². The van der Waals surface area contributed by atoms with E-state index in [-0.39, 0.29) is 13.0 Å². The van der Waals surface area contributed by atoms with Crippen LogP contribution in [0.4, 0.5) is 0 Å². The van der Waals surface area contributed by atoms with Gasteiger partial charge >= 0.3 is 5.97 Å². The molecule has 0 aromatic carbocycles. The minimum Gasteiger partial charge on any atom is -0.455 e. The minimum absolute atomic E-state index is 0.0311. The lowest BCUT2D eigenvalue weighted by atomic mass is 9.48. The third-order valence-electron chi connectivity index (χ3n) is 8.48. The molecule has 6 heteroatoms. The molecule has 31 heavy (non-hydrogen) atoms. The Hall–Kier alpha value is -1.76. The Morgan fingerprint density at radius 1 is 1.23 bits per heavy atom. The second kappa shape index (κ2) is 7.39. The van der Waals surface area contributed by atoms with Crippen LogP contribution >= 0.6 is 0 Å². The van der Waals surface area contributed by atoms with Crippen molar-refractivity contribution in [1.82, 2.24) is 0 Å². The number of rotatable bonds is 3. The number of aliphatic hydroxyl groups is 3. The molecule has 3 N–H and O–H groups in total. The average molecular weight is 433 g/mol. The molecule has 1 saturated carbocycles. The molecule has 0 bridgehead atoms. The van der Waals surface area contributed by atoms with Gasteiger partial charge in [-0.25, -0.2) is 4.79 Å². The number of carbonyl (C=O) groups is 2. The molecule has 0 heterocycles. The number of ether oxygens (including phenoxy) is 1. The van der Waals surface area contributed by atoms with Gasteiger partial charge in [0.25, 0.3) is 0 Å². The largest absolute Gasteiger partial charge is 0.455 e. The molecular formula is C25H36O6. The summed E-state index contributed by atoms with van der Waals surface area (Å²) in [6.07, 6.45) is 5.53. The Morgan fingerprint density at radius 3 is 2.39 bits per heavy atom. The zero-order valence-corrected chi connectivity index (χ0v) is 19.7. The highest BCUT2D eigenvalue weighted by atomic mass is 16.6. The number of hydrogen-bond donors (Lipinski definition) is 3. The Morgan fingerprint density at radius 2 is 1.84 bits per heavy atom. The predicted molar refractivity (Wildman–Crippen MR) is 117 cm³/mol. The highest BCUT2D eigenvalue weighted by molar-refractivity contribution is 6.04. The first-order valence-electron chi connectivity index (χ1n) is 11.0. The fraction of sp³-hybridized carbons (Fsp3) is 0.680. The SMILES string of the molecule is C/C=C(\C)C(=O)O[C@]1(C)C[C@@H](C)[C@@]2(O)[C@@H](C=C(CO)C[C@]3(O)C(=O)C(C)=C[C@@H]23)C1(C)C. The van der Waals surface area contributed by atoms with E-state index in [1.165, 1.54) is 0 Å². The van der Waals surface area contributed by atoms with E-state index < -0.39 is 51.7 Å². The van der Waals surface area contributed by atoms with E-state index in [4.69, 9.17) is 4.74 Å². The van der Waals surface area contributed by atoms with Crippen molar-refractivity contribution in [2.45, 2.75) is 78.1 Å². The average Bonchev–Trinajstić information content (AvgIpc) is 2.85. The third-order valence-corrected chi connectivity index (χ3v) is 8.48. The smallest absolute Gasteiger partial charge is 0.333 e. The predicted octanol–water partition coefficient (Wildman–Crippen LogP) is 2.87. The van der Waals surface area contributed by atoms with Gasteiger partial charge in [-0.2, -0.15) is 0 Å². The molecule has 0 unspecified atom stereocenters. The third kappa shape index (κ3) is 3.18. The molecule has 0 aromatic rings. The van der Waals surface area contributed by atoms with E-state index >= 15 is 0 Å². The highest BCUT2D eigenvalue weighted by Crippen LogP contribution is 2.63. The van der Waals surface area contributed by atoms with Crippen molar-refractivity contribution in [2.75, 3.05) is 6.61 Å². The molecule has 0 radical (unpaired) electrons. The van der Waals surface area contributed by atoms with E-state index in [2.05, 4.69) is 0 Å². The van der Waals surface area contributed by atoms with Crippen LogP contribution in [0.2, 0.25) is 0 Å². The first-order valence-corrected chi connectivity index (χ1v) is 11.0. The van der Waals surface area contributed by atoms with Crippen molar-refractivity contribution in [1.29, 1.82) is 0 Å². The van der Waals surface area contributed by atoms with Gasteiger partial charge in [-0.1, -0.05) is 39.0 Å². The molecule has 0 saturated heterocycles. The molecule has 6 nitrogen and oxygen atoms in total. The number of fused-ring (bicyclic) bond motifs is 3. The van der Waals surface area contributed by atoms with Gasteiger partial charge in [0.15, 0.2) is 5.78 Å². The second-order valence-electron chi connectivity index (χ2n) is 10.5. The van der Waals surface area contributed by atoms with Gasteiger partial charge in [-0.3, -0.25) is 4.79 Å². The molecule has 3 aliphatic carbocycles. The molecule has 6 atom stereocenters. The summed E-state index contributed by atoms with van der Waals surface area (Å²) in [7, 11) is 0. The van der Waals surface area contributed by atoms with Crippen LogP contribution in [0.15, 0.2) is 34.9 Å². The molecule has 3 rings (SSSR count). The fourth-order valence-corrected chi connectivity index (χ4v) is 6.04. The Balaban J connectivity index is 2.19. The van der Waals surface area contributed by atoms with Crippen LogP contribution in [0.5, 0.6) is 0 Å². The molecule has 172 valence electrons. The molecule has 0 amide bonds. The van der Waals surface area contributed by atoms with E-state index in [0.717, 1.165) is 0 Å². The van der Waals surface area contributed by atoms with Crippen LogP contribution in [-0.2, 0) is 14.3 Å². The molecule has 0 aromatic heterocycles. The highest BCUT2D eigenvalue weighted by Gasteiger charge is 2.69. The van der Waals surface area contributed by atoms with Crippen LogP contribution < -0.4 is 0 Å². The quantitative estimate of drug-likeness (QED) is 0.360. The lowest BCUT2D eigenvalue weighted by Crippen LogP contribution is -2.68. The maximum absolute atomic E-state index is 12.9. The molecule has 0 aliphatic heterocycles. The number of Topliss-reactive ketones (excluding diaryl/α,β-unsaturated/α-hetero) is 1. The van der Waals surface area contributed by atoms with Crippen molar-refractivity contribution in [3.8, 4) is 0 Å². The lowest BCUT2D eigenvalue weighted by molar-refractivity contribution is -0.244. The van der Waals surface area contributed by atoms with E-state index in [1.54, 1.807) is 39.0 Å². The van der Waals surface area contributed by atoms with E-state index in [1.807, 2.05) is 27.7 Å². The zero-order valence-electron chi connectivity index (χ0n) is 19.7. The summed E-state index contributed by atoms with van der Waals surface area (Å²) in [5, 5.41) is 33.8. The monoisotopic (exact) mass is 432 g/mol. The van der Waals surface area contributed by atoms with Gasteiger partial charge in [0, 0.05) is 29.2 Å². The van der Waals surface area contributed by atoms with Crippen LogP contribution in [-0.4, -0.2) is 50.5 Å². The van der Waals surface area contributed by atoms with Crippen molar-refractivity contribution < 1.29 is 29.6 Å². The van der Waals surface area contributed by atoms with Gasteiger partial charge in [0.2, 0.25) is 0 Å². The molecule has 1 fully saturated rings. The van der Waals surface area contributed by atoms with Crippen molar-refractivity contribution in [3.05, 3.63) is 34.9 Å². The maximum Gasteiger partial charge on any atom is 0.333 e. The molecule has 3 aliphatic rings. The van der Waals surface area contributed by atoms with Gasteiger partial charge in [-0.15, -0.1) is 0 Å². The summed E-state index contributed by atoms with van der Waals surface area (Å²) in [4.78, 5) is 25.6. The Bertz CT molecular complexity index is 896. The van der Waals surface area contributed by atoms with Gasteiger partial charge < -0.3 is 20.1 Å². The van der Waals surface area contributed by atoms with Crippen LogP contribution in [0.3, 0.4) is 0 Å². The number of carbonyl (C=O) groups excluding carboxylic acids is 2. The molecular weight excluding hydrogens is 396 g/mol. The fourth-order valence-electron chi connectivity index (χ4n) is 6.04. The number of aliphatic hydroxyl groups excluding tert-OH is 1. The Labute approximate surface area is 184 Å². The number of allylic oxidation sites excluding steroid dienone is 1. The van der Waals surface area contributed by atoms with Crippen LogP contribution in [0.25, 0.3) is 0 Å². The summed E-state index contributed by atoms with van der Waals surface area (Å²) in [6.45, 7) is 12.4. The van der Waals surface area contributed by atoms with Crippen molar-refractivity contribution >= 4 is 11.8 Å². The summed E-state index contributed by atoms with van der Waals surface area (Å²) in [5.74, 6) is -2.58. The summed E-state index contributed by atoms with van der Waals surface area (Å²) < 4.78 is 6.04. The number of esters is 1.